The monoisotopic (exact) mass is 377 g/mol. The van der Waals surface area contributed by atoms with Gasteiger partial charge in [-0.15, -0.1) is 0 Å². The highest BCUT2D eigenvalue weighted by Crippen LogP contribution is 2.54. The third-order valence-corrected chi connectivity index (χ3v) is 5.49. The summed E-state index contributed by atoms with van der Waals surface area (Å²) in [7, 11) is 0. The van der Waals surface area contributed by atoms with E-state index < -0.39 is 23.8 Å². The standard InChI is InChI=1S/C16H16BrN3O3/c17-11-3-1-8(2-4-11)14(19-20-18)15(21)12-6-9-5-10(9)7-13(12)16(22)23/h1-4,9-10,12-14,18H,5-7H2. The van der Waals surface area contributed by atoms with Crippen LogP contribution in [0.3, 0.4) is 0 Å². The van der Waals surface area contributed by atoms with Gasteiger partial charge in [0.25, 0.3) is 0 Å². The van der Waals surface area contributed by atoms with Crippen LogP contribution < -0.4 is 10.0 Å². The van der Waals surface area contributed by atoms with E-state index in [1.165, 1.54) is 0 Å². The van der Waals surface area contributed by atoms with Crippen molar-refractivity contribution in [2.75, 3.05) is 0 Å². The highest BCUT2D eigenvalue weighted by molar-refractivity contribution is 9.10. The zero-order chi connectivity index (χ0) is 16.6. The SMILES string of the molecule is N=[N+]=NC(C(=O)C1CC2CC2CC1C(=O)[O-])c1ccc(Br)cc1. The van der Waals surface area contributed by atoms with E-state index in [-0.39, 0.29) is 5.78 Å². The predicted octanol–water partition coefficient (Wildman–Crippen LogP) is 2.02. The second kappa shape index (κ2) is 6.34. The van der Waals surface area contributed by atoms with Crippen LogP contribution in [-0.2, 0) is 9.59 Å². The number of carboxylic acids is 1. The molecule has 1 N–H and O–H groups in total. The van der Waals surface area contributed by atoms with Crippen molar-refractivity contribution in [2.24, 2.45) is 28.8 Å². The number of benzene rings is 1. The van der Waals surface area contributed by atoms with Crippen molar-refractivity contribution in [1.82, 2.24) is 4.91 Å². The third-order valence-electron chi connectivity index (χ3n) is 4.96. The Hall–Kier alpha value is -1.85. The van der Waals surface area contributed by atoms with Gasteiger partial charge in [0.05, 0.1) is 0 Å². The lowest BCUT2D eigenvalue weighted by atomic mass is 9.74. The lowest BCUT2D eigenvalue weighted by molar-refractivity contribution is -0.314. The molecule has 0 aliphatic heterocycles. The number of halogens is 1. The number of rotatable bonds is 5. The van der Waals surface area contributed by atoms with Crippen molar-refractivity contribution in [3.8, 4) is 0 Å². The van der Waals surface area contributed by atoms with Gasteiger partial charge >= 0.3 is 0 Å². The minimum absolute atomic E-state index is 0.275. The molecule has 0 aromatic heterocycles. The van der Waals surface area contributed by atoms with Crippen molar-refractivity contribution in [1.29, 1.82) is 5.53 Å². The van der Waals surface area contributed by atoms with E-state index in [2.05, 4.69) is 26.0 Å². The molecule has 2 saturated carbocycles. The largest absolute Gasteiger partial charge is 0.550 e. The number of fused-ring (bicyclic) bond motifs is 1. The molecule has 6 nitrogen and oxygen atoms in total. The fourth-order valence-electron chi connectivity index (χ4n) is 3.64. The Balaban J connectivity index is 1.89. The molecule has 3 rings (SSSR count). The van der Waals surface area contributed by atoms with Gasteiger partial charge in [-0.25, -0.2) is 0 Å². The first kappa shape index (κ1) is 16.0. The van der Waals surface area contributed by atoms with Crippen LogP contribution in [0.4, 0.5) is 0 Å². The summed E-state index contributed by atoms with van der Waals surface area (Å²) in [6.07, 6.45) is 2.08. The highest BCUT2D eigenvalue weighted by atomic mass is 79.9. The van der Waals surface area contributed by atoms with Crippen LogP contribution in [-0.4, -0.2) is 11.8 Å². The first-order valence-corrected chi connectivity index (χ1v) is 8.37. The van der Waals surface area contributed by atoms with Crippen molar-refractivity contribution in [2.45, 2.75) is 25.3 Å². The second-order valence-electron chi connectivity index (χ2n) is 6.33. The van der Waals surface area contributed by atoms with E-state index in [0.29, 0.717) is 30.2 Å². The molecule has 5 unspecified atom stereocenters. The summed E-state index contributed by atoms with van der Waals surface area (Å²) in [5.74, 6) is -1.94. The molecule has 0 heterocycles. The fraction of sp³-hybridized carbons (Fsp3) is 0.500. The van der Waals surface area contributed by atoms with E-state index in [1.807, 2.05) is 0 Å². The maximum Gasteiger partial charge on any atom is 0.217 e. The molecule has 2 fully saturated rings. The summed E-state index contributed by atoms with van der Waals surface area (Å²) in [5, 5.41) is 15.2. The lowest BCUT2D eigenvalue weighted by Crippen LogP contribution is -2.42. The smallest absolute Gasteiger partial charge is 0.217 e. The number of ketones is 1. The average molecular weight is 378 g/mol. The number of Topliss-reactive ketones (excluding diaryl/α,β-unsaturated/α-hetero) is 1. The Labute approximate surface area is 141 Å². The molecule has 7 heteroatoms. The van der Waals surface area contributed by atoms with Crippen LogP contribution in [0.25, 0.3) is 0 Å². The molecule has 1 aromatic carbocycles. The zero-order valence-corrected chi connectivity index (χ0v) is 13.9. The topological polar surface area (TPSA) is 108 Å². The van der Waals surface area contributed by atoms with Gasteiger partial charge in [-0.1, -0.05) is 28.1 Å². The molecule has 5 atom stereocenters. The number of carbonyl (C=O) groups excluding carboxylic acids is 2. The second-order valence-corrected chi connectivity index (χ2v) is 7.25. The molecule has 2 aliphatic carbocycles. The van der Waals surface area contributed by atoms with Gasteiger partial charge in [-0.2, -0.15) is 0 Å². The minimum atomic E-state index is -1.16. The molecule has 0 saturated heterocycles. The average Bonchev–Trinajstić information content (AvgIpc) is 3.30. The summed E-state index contributed by atoms with van der Waals surface area (Å²) in [6.45, 7) is 0. The number of nitrogens with zero attached hydrogens (tertiary/aromatic N) is 2. The number of hydrogen-bond donors (Lipinski definition) is 1. The van der Waals surface area contributed by atoms with Gasteiger partial charge in [-0.3, -0.25) is 4.79 Å². The molecule has 0 bridgehead atoms. The van der Waals surface area contributed by atoms with Crippen molar-refractivity contribution < 1.29 is 14.7 Å². The Morgan fingerprint density at radius 1 is 1.17 bits per heavy atom. The molecule has 0 spiro atoms. The quantitative estimate of drug-likeness (QED) is 0.626. The summed E-state index contributed by atoms with van der Waals surface area (Å²) in [6, 6.07) is 6.10. The molecular formula is C16H16BrN3O3. The maximum absolute atomic E-state index is 12.9. The first-order chi connectivity index (χ1) is 11.0. The number of carbonyl (C=O) groups is 2. The van der Waals surface area contributed by atoms with Gasteiger partial charge in [0.15, 0.2) is 5.78 Å². The van der Waals surface area contributed by atoms with Crippen LogP contribution >= 0.6 is 15.9 Å². The van der Waals surface area contributed by atoms with E-state index in [9.17, 15) is 14.7 Å². The van der Waals surface area contributed by atoms with Crippen LogP contribution in [0.2, 0.25) is 0 Å². The van der Waals surface area contributed by atoms with Gasteiger partial charge in [0.2, 0.25) is 11.0 Å². The van der Waals surface area contributed by atoms with Gasteiger partial charge in [-0.05, 0) is 48.8 Å². The van der Waals surface area contributed by atoms with Gasteiger partial charge in [0.1, 0.15) is 10.6 Å². The molecule has 1 aromatic rings. The van der Waals surface area contributed by atoms with Crippen molar-refractivity contribution in [3.63, 3.8) is 0 Å². The Morgan fingerprint density at radius 3 is 2.35 bits per heavy atom. The molecule has 23 heavy (non-hydrogen) atoms. The summed E-state index contributed by atoms with van der Waals surface area (Å²) in [4.78, 5) is 27.4. The normalized spacial score (nSPS) is 29.8. The van der Waals surface area contributed by atoms with E-state index >= 15 is 0 Å². The zero-order valence-electron chi connectivity index (χ0n) is 12.3. The number of nitrogens with one attached hydrogen (secondary N) is 1. The van der Waals surface area contributed by atoms with E-state index in [1.54, 1.807) is 24.3 Å². The number of aliphatic carboxylic acids is 1. The third kappa shape index (κ3) is 3.26. The maximum atomic E-state index is 12.9. The van der Waals surface area contributed by atoms with Crippen LogP contribution in [0.5, 0.6) is 0 Å². The Kier molecular flexibility index (Phi) is 4.41. The minimum Gasteiger partial charge on any atom is -0.550 e. The molecule has 0 amide bonds. The van der Waals surface area contributed by atoms with Crippen LogP contribution in [0, 0.1) is 29.2 Å². The highest BCUT2D eigenvalue weighted by Gasteiger charge is 2.50. The molecule has 120 valence electrons. The van der Waals surface area contributed by atoms with Crippen molar-refractivity contribution >= 4 is 27.7 Å². The van der Waals surface area contributed by atoms with E-state index in [4.69, 9.17) is 5.53 Å². The number of carboxylic acid groups (broad SMARTS) is 1. The fourth-order valence-corrected chi connectivity index (χ4v) is 3.90. The van der Waals surface area contributed by atoms with Crippen LogP contribution in [0.15, 0.2) is 33.9 Å². The van der Waals surface area contributed by atoms with E-state index in [0.717, 1.165) is 10.9 Å². The molecule has 0 radical (unpaired) electrons. The number of hydrogen-bond acceptors (Lipinski definition) is 5. The summed E-state index contributed by atoms with van der Waals surface area (Å²) in [5.41, 5.74) is 7.60. The van der Waals surface area contributed by atoms with Crippen LogP contribution in [0.1, 0.15) is 30.9 Å². The predicted molar refractivity (Wildman–Crippen MR) is 82.0 cm³/mol. The Morgan fingerprint density at radius 2 is 1.78 bits per heavy atom. The van der Waals surface area contributed by atoms with Gasteiger partial charge in [0, 0.05) is 22.3 Å². The van der Waals surface area contributed by atoms with Gasteiger partial charge < -0.3 is 9.90 Å². The molecule has 2 aliphatic rings. The first-order valence-electron chi connectivity index (χ1n) is 7.58. The summed E-state index contributed by atoms with van der Waals surface area (Å²) >= 11 is 3.33. The van der Waals surface area contributed by atoms with Crippen molar-refractivity contribution in [3.05, 3.63) is 34.3 Å². The molecular weight excluding hydrogens is 362 g/mol. The summed E-state index contributed by atoms with van der Waals surface area (Å²) < 4.78 is 0.862. The lowest BCUT2D eigenvalue weighted by Gasteiger charge is -2.31. The Bertz CT molecular complexity index is 684.